The van der Waals surface area contributed by atoms with Gasteiger partial charge in [0.15, 0.2) is 0 Å². The molecule has 0 aliphatic carbocycles. The van der Waals surface area contributed by atoms with Gasteiger partial charge in [-0.3, -0.25) is 0 Å². The molecule has 0 aliphatic heterocycles. The zero-order chi connectivity index (χ0) is 14.0. The average molecular weight is 388 g/mol. The number of benzene rings is 1. The van der Waals surface area contributed by atoms with Crippen LogP contribution in [-0.4, -0.2) is 23.6 Å². The minimum absolute atomic E-state index is 0.734. The lowest BCUT2D eigenvalue weighted by Crippen LogP contribution is -2.15. The Balaban J connectivity index is 2.10. The monoisotopic (exact) mass is 386 g/mol. The van der Waals surface area contributed by atoms with E-state index < -0.39 is 0 Å². The fourth-order valence-electron chi connectivity index (χ4n) is 1.83. The van der Waals surface area contributed by atoms with E-state index in [1.165, 1.54) is 0 Å². The maximum atomic E-state index is 4.39. The summed E-state index contributed by atoms with van der Waals surface area (Å²) in [4.78, 5) is 6.39. The second-order valence-corrected chi connectivity index (χ2v) is 6.25. The average Bonchev–Trinajstić information content (AvgIpc) is 2.70. The number of hydrogen-bond acceptors (Lipinski definition) is 3. The van der Waals surface area contributed by atoms with Gasteiger partial charge in [0.05, 0.1) is 18.4 Å². The standard InChI is InChI=1S/C13H16Br2N4/c1-18(2)13-17-8-10(19(13)3)7-16-12-5-4-9(14)6-11(12)15/h4-6,8,16H,7H2,1-3H3. The first-order valence-electron chi connectivity index (χ1n) is 5.86. The highest BCUT2D eigenvalue weighted by Crippen LogP contribution is 2.26. The van der Waals surface area contributed by atoms with E-state index in [1.54, 1.807) is 0 Å². The predicted molar refractivity (Wildman–Crippen MR) is 86.7 cm³/mol. The van der Waals surface area contributed by atoms with Crippen LogP contribution in [0.3, 0.4) is 0 Å². The van der Waals surface area contributed by atoms with Gasteiger partial charge in [0.25, 0.3) is 0 Å². The molecule has 0 amide bonds. The van der Waals surface area contributed by atoms with Crippen LogP contribution < -0.4 is 10.2 Å². The lowest BCUT2D eigenvalue weighted by Gasteiger charge is -2.13. The van der Waals surface area contributed by atoms with Crippen molar-refractivity contribution in [3.05, 3.63) is 39.0 Å². The molecule has 2 aromatic rings. The Hall–Kier alpha value is -1.01. The highest BCUT2D eigenvalue weighted by Gasteiger charge is 2.08. The van der Waals surface area contributed by atoms with Crippen molar-refractivity contribution in [2.45, 2.75) is 6.54 Å². The number of anilines is 2. The van der Waals surface area contributed by atoms with Gasteiger partial charge in [-0.2, -0.15) is 0 Å². The zero-order valence-electron chi connectivity index (χ0n) is 11.1. The van der Waals surface area contributed by atoms with Gasteiger partial charge in [-0.05, 0) is 34.1 Å². The number of halogens is 2. The smallest absolute Gasteiger partial charge is 0.204 e. The molecule has 19 heavy (non-hydrogen) atoms. The van der Waals surface area contributed by atoms with Gasteiger partial charge < -0.3 is 14.8 Å². The number of nitrogens with one attached hydrogen (secondary N) is 1. The van der Waals surface area contributed by atoms with Crippen molar-refractivity contribution in [2.24, 2.45) is 7.05 Å². The van der Waals surface area contributed by atoms with Gasteiger partial charge in [0.1, 0.15) is 0 Å². The fourth-order valence-corrected chi connectivity index (χ4v) is 3.02. The maximum Gasteiger partial charge on any atom is 0.204 e. The SMILES string of the molecule is CN(C)c1ncc(CNc2ccc(Br)cc2Br)n1C. The van der Waals surface area contributed by atoms with Gasteiger partial charge in [0.2, 0.25) is 5.95 Å². The Morgan fingerprint density at radius 3 is 2.63 bits per heavy atom. The Morgan fingerprint density at radius 1 is 1.32 bits per heavy atom. The van der Waals surface area contributed by atoms with Crippen molar-refractivity contribution in [3.63, 3.8) is 0 Å². The minimum Gasteiger partial charge on any atom is -0.378 e. The Bertz CT molecular complexity index is 578. The van der Waals surface area contributed by atoms with Gasteiger partial charge in [-0.25, -0.2) is 4.98 Å². The number of aromatic nitrogens is 2. The molecule has 0 saturated carbocycles. The first kappa shape index (κ1) is 14.4. The van der Waals surface area contributed by atoms with Crippen LogP contribution in [0.5, 0.6) is 0 Å². The number of imidazole rings is 1. The molecule has 1 heterocycles. The summed E-state index contributed by atoms with van der Waals surface area (Å²) in [6.07, 6.45) is 1.90. The van der Waals surface area contributed by atoms with E-state index in [4.69, 9.17) is 0 Å². The maximum absolute atomic E-state index is 4.39. The molecule has 1 N–H and O–H groups in total. The minimum atomic E-state index is 0.734. The molecule has 0 unspecified atom stereocenters. The van der Waals surface area contributed by atoms with Crippen LogP contribution >= 0.6 is 31.9 Å². The molecule has 0 radical (unpaired) electrons. The third kappa shape index (κ3) is 3.30. The van der Waals surface area contributed by atoms with E-state index in [-0.39, 0.29) is 0 Å². The summed E-state index contributed by atoms with van der Waals surface area (Å²) in [6, 6.07) is 6.08. The van der Waals surface area contributed by atoms with Crippen LogP contribution in [0.1, 0.15) is 5.69 Å². The highest BCUT2D eigenvalue weighted by atomic mass is 79.9. The number of hydrogen-bond donors (Lipinski definition) is 1. The third-order valence-corrected chi connectivity index (χ3v) is 4.00. The van der Waals surface area contributed by atoms with E-state index in [1.807, 2.05) is 50.4 Å². The first-order chi connectivity index (χ1) is 8.99. The molecular formula is C13H16Br2N4. The van der Waals surface area contributed by atoms with Crippen LogP contribution in [0.15, 0.2) is 33.3 Å². The second-order valence-electron chi connectivity index (χ2n) is 4.48. The molecule has 4 nitrogen and oxygen atoms in total. The second kappa shape index (κ2) is 5.96. The third-order valence-electron chi connectivity index (χ3n) is 2.85. The summed E-state index contributed by atoms with van der Waals surface area (Å²) in [5.74, 6) is 0.951. The Kier molecular flexibility index (Phi) is 4.52. The van der Waals surface area contributed by atoms with Crippen molar-refractivity contribution in [2.75, 3.05) is 24.3 Å². The van der Waals surface area contributed by atoms with E-state index in [0.29, 0.717) is 0 Å². The number of rotatable bonds is 4. The summed E-state index contributed by atoms with van der Waals surface area (Å²) in [5, 5.41) is 3.40. The molecule has 0 saturated heterocycles. The summed E-state index contributed by atoms with van der Waals surface area (Å²) in [7, 11) is 6.01. The summed E-state index contributed by atoms with van der Waals surface area (Å²) in [5.41, 5.74) is 2.20. The summed E-state index contributed by atoms with van der Waals surface area (Å²) in [6.45, 7) is 0.734. The van der Waals surface area contributed by atoms with E-state index in [0.717, 1.165) is 32.8 Å². The number of nitrogens with zero attached hydrogens (tertiary/aromatic N) is 3. The van der Waals surface area contributed by atoms with E-state index in [9.17, 15) is 0 Å². The molecule has 0 spiro atoms. The molecule has 0 bridgehead atoms. The fraction of sp³-hybridized carbons (Fsp3) is 0.308. The molecule has 0 aliphatic rings. The lowest BCUT2D eigenvalue weighted by molar-refractivity contribution is 0.814. The summed E-state index contributed by atoms with van der Waals surface area (Å²) >= 11 is 6.99. The lowest BCUT2D eigenvalue weighted by atomic mass is 10.3. The first-order valence-corrected chi connectivity index (χ1v) is 7.44. The van der Waals surface area contributed by atoms with Crippen molar-refractivity contribution in [1.82, 2.24) is 9.55 Å². The van der Waals surface area contributed by atoms with Gasteiger partial charge in [-0.15, -0.1) is 0 Å². The van der Waals surface area contributed by atoms with Crippen LogP contribution in [0.4, 0.5) is 11.6 Å². The highest BCUT2D eigenvalue weighted by molar-refractivity contribution is 9.11. The molecule has 2 rings (SSSR count). The van der Waals surface area contributed by atoms with E-state index >= 15 is 0 Å². The van der Waals surface area contributed by atoms with Gasteiger partial charge >= 0.3 is 0 Å². The van der Waals surface area contributed by atoms with Crippen LogP contribution in [0.25, 0.3) is 0 Å². The molecule has 102 valence electrons. The quantitative estimate of drug-likeness (QED) is 0.869. The molecule has 6 heteroatoms. The topological polar surface area (TPSA) is 33.1 Å². The Morgan fingerprint density at radius 2 is 2.05 bits per heavy atom. The Labute approximate surface area is 130 Å². The van der Waals surface area contributed by atoms with Crippen molar-refractivity contribution in [3.8, 4) is 0 Å². The van der Waals surface area contributed by atoms with Gasteiger partial charge in [0, 0.05) is 35.8 Å². The molecular weight excluding hydrogens is 372 g/mol. The van der Waals surface area contributed by atoms with Crippen LogP contribution in [-0.2, 0) is 13.6 Å². The predicted octanol–water partition coefficient (Wildman–Crippen LogP) is 3.62. The zero-order valence-corrected chi connectivity index (χ0v) is 14.3. The molecule has 1 aromatic carbocycles. The van der Waals surface area contributed by atoms with Crippen molar-refractivity contribution < 1.29 is 0 Å². The van der Waals surface area contributed by atoms with E-state index in [2.05, 4.69) is 46.7 Å². The normalized spacial score (nSPS) is 10.6. The molecule has 0 atom stereocenters. The largest absolute Gasteiger partial charge is 0.378 e. The molecule has 0 fully saturated rings. The van der Waals surface area contributed by atoms with Crippen LogP contribution in [0.2, 0.25) is 0 Å². The molecule has 1 aromatic heterocycles. The van der Waals surface area contributed by atoms with Gasteiger partial charge in [-0.1, -0.05) is 15.9 Å². The van der Waals surface area contributed by atoms with Crippen molar-refractivity contribution in [1.29, 1.82) is 0 Å². The van der Waals surface area contributed by atoms with Crippen molar-refractivity contribution >= 4 is 43.5 Å². The van der Waals surface area contributed by atoms with Crippen LogP contribution in [0, 0.1) is 0 Å². The summed E-state index contributed by atoms with van der Waals surface area (Å²) < 4.78 is 4.18.